The van der Waals surface area contributed by atoms with Gasteiger partial charge in [0.05, 0.1) is 10.6 Å². The first-order valence-electron chi connectivity index (χ1n) is 6.97. The van der Waals surface area contributed by atoms with Gasteiger partial charge in [-0.15, -0.1) is 0 Å². The van der Waals surface area contributed by atoms with Crippen molar-refractivity contribution >= 4 is 15.7 Å². The molecule has 1 fully saturated rings. The van der Waals surface area contributed by atoms with Crippen LogP contribution in [0.4, 0.5) is 8.78 Å². The summed E-state index contributed by atoms with van der Waals surface area (Å²) < 4.78 is 51.2. The van der Waals surface area contributed by atoms with Crippen LogP contribution in [0.25, 0.3) is 0 Å². The van der Waals surface area contributed by atoms with E-state index in [-0.39, 0.29) is 30.8 Å². The third kappa shape index (κ3) is 4.23. The van der Waals surface area contributed by atoms with Crippen LogP contribution in [0, 0.1) is 0 Å². The molecule has 1 heterocycles. The summed E-state index contributed by atoms with van der Waals surface area (Å²) >= 11 is 0. The van der Waals surface area contributed by atoms with Gasteiger partial charge in [-0.05, 0) is 12.1 Å². The number of nitrogens with one attached hydrogen (secondary N) is 2. The number of sulfone groups is 1. The lowest BCUT2D eigenvalue weighted by Gasteiger charge is -2.32. The minimum absolute atomic E-state index is 0.0236. The number of hydrogen-bond donors (Lipinski definition) is 2. The number of piperidine rings is 1. The second-order valence-electron chi connectivity index (χ2n) is 5.22. The molecule has 5 nitrogen and oxygen atoms in total. The highest BCUT2D eigenvalue weighted by atomic mass is 32.2. The maximum atomic E-state index is 13.6. The van der Waals surface area contributed by atoms with Gasteiger partial charge in [0.1, 0.15) is 6.04 Å². The fraction of sp³-hybridized carbons (Fsp3) is 0.500. The number of hydrogen-bond acceptors (Lipinski definition) is 4. The van der Waals surface area contributed by atoms with Gasteiger partial charge in [0.2, 0.25) is 5.91 Å². The molecule has 22 heavy (non-hydrogen) atoms. The molecule has 0 bridgehead atoms. The van der Waals surface area contributed by atoms with E-state index >= 15 is 0 Å². The highest BCUT2D eigenvalue weighted by molar-refractivity contribution is 7.91. The Labute approximate surface area is 128 Å². The van der Waals surface area contributed by atoms with Crippen molar-refractivity contribution in [2.45, 2.75) is 29.7 Å². The van der Waals surface area contributed by atoms with E-state index < -0.39 is 33.5 Å². The standard InChI is InChI=1S/C14H18F2N2O3S/c15-14(16)7-8-17-10-12(14)18-13(19)6-9-22(20,21)11-4-2-1-3-5-11/h1-5,12,17H,6-10H2,(H,18,19)/t12-/m1/s1. The van der Waals surface area contributed by atoms with Gasteiger partial charge in [-0.25, -0.2) is 17.2 Å². The average Bonchev–Trinajstić information content (AvgIpc) is 2.48. The van der Waals surface area contributed by atoms with Gasteiger partial charge in [-0.1, -0.05) is 18.2 Å². The molecule has 1 aromatic rings. The molecule has 122 valence electrons. The van der Waals surface area contributed by atoms with Gasteiger partial charge in [0.15, 0.2) is 9.84 Å². The molecule has 0 spiro atoms. The molecule has 8 heteroatoms. The summed E-state index contributed by atoms with van der Waals surface area (Å²) in [7, 11) is -3.59. The summed E-state index contributed by atoms with van der Waals surface area (Å²) in [6, 6.07) is 6.43. The van der Waals surface area contributed by atoms with Crippen molar-refractivity contribution < 1.29 is 22.0 Å². The zero-order valence-electron chi connectivity index (χ0n) is 11.9. The molecule has 1 saturated heterocycles. The Balaban J connectivity index is 1.90. The maximum absolute atomic E-state index is 13.6. The van der Waals surface area contributed by atoms with Crippen LogP contribution in [-0.4, -0.2) is 45.1 Å². The second-order valence-corrected chi connectivity index (χ2v) is 7.33. The molecule has 0 unspecified atom stereocenters. The van der Waals surface area contributed by atoms with Crippen molar-refractivity contribution in [2.24, 2.45) is 0 Å². The molecule has 1 aromatic carbocycles. The normalized spacial score (nSPS) is 21.3. The SMILES string of the molecule is O=C(CCS(=O)(=O)c1ccccc1)N[C@@H]1CNCCC1(F)F. The number of rotatable bonds is 5. The molecule has 1 aliphatic heterocycles. The molecule has 0 aromatic heterocycles. The van der Waals surface area contributed by atoms with E-state index in [1.165, 1.54) is 12.1 Å². The van der Waals surface area contributed by atoms with Crippen LogP contribution in [0.5, 0.6) is 0 Å². The molecule has 2 N–H and O–H groups in total. The molecule has 0 radical (unpaired) electrons. The molecular weight excluding hydrogens is 314 g/mol. The summed E-state index contributed by atoms with van der Waals surface area (Å²) in [6.45, 7) is 0.173. The quantitative estimate of drug-likeness (QED) is 0.842. The third-order valence-corrected chi connectivity index (χ3v) is 5.26. The van der Waals surface area contributed by atoms with Crippen LogP contribution >= 0.6 is 0 Å². The van der Waals surface area contributed by atoms with Crippen LogP contribution in [0.15, 0.2) is 35.2 Å². The van der Waals surface area contributed by atoms with E-state index in [0.29, 0.717) is 0 Å². The highest BCUT2D eigenvalue weighted by Crippen LogP contribution is 2.25. The van der Waals surface area contributed by atoms with Gasteiger partial charge in [-0.2, -0.15) is 0 Å². The summed E-state index contributed by atoms with van der Waals surface area (Å²) in [5.74, 6) is -4.07. The fourth-order valence-corrected chi connectivity index (χ4v) is 3.48. The third-order valence-electron chi connectivity index (χ3n) is 3.53. The van der Waals surface area contributed by atoms with Crippen molar-refractivity contribution in [1.29, 1.82) is 0 Å². The number of alkyl halides is 2. The first-order valence-corrected chi connectivity index (χ1v) is 8.62. The Morgan fingerprint density at radius 2 is 2.00 bits per heavy atom. The second kappa shape index (κ2) is 6.70. The van der Waals surface area contributed by atoms with Gasteiger partial charge in [0, 0.05) is 25.9 Å². The van der Waals surface area contributed by atoms with Crippen molar-refractivity contribution in [3.8, 4) is 0 Å². The highest BCUT2D eigenvalue weighted by Gasteiger charge is 2.42. The lowest BCUT2D eigenvalue weighted by Crippen LogP contribution is -2.57. The van der Waals surface area contributed by atoms with Crippen LogP contribution in [-0.2, 0) is 14.6 Å². The Morgan fingerprint density at radius 3 is 2.64 bits per heavy atom. The lowest BCUT2D eigenvalue weighted by molar-refractivity contribution is -0.126. The Bertz CT molecular complexity index is 620. The van der Waals surface area contributed by atoms with Gasteiger partial charge < -0.3 is 10.6 Å². The maximum Gasteiger partial charge on any atom is 0.270 e. The summed E-state index contributed by atoms with van der Waals surface area (Å²) in [5.41, 5.74) is 0. The lowest BCUT2D eigenvalue weighted by atomic mass is 10.0. The first-order chi connectivity index (χ1) is 10.3. The molecule has 0 aliphatic carbocycles. The van der Waals surface area contributed by atoms with Crippen LogP contribution < -0.4 is 10.6 Å². The summed E-state index contributed by atoms with van der Waals surface area (Å²) in [4.78, 5) is 11.9. The van der Waals surface area contributed by atoms with Gasteiger partial charge in [-0.3, -0.25) is 4.79 Å². The summed E-state index contributed by atoms with van der Waals surface area (Å²) in [6.07, 6.45) is -0.690. The predicted octanol–water partition coefficient (Wildman–Crippen LogP) is 0.964. The van der Waals surface area contributed by atoms with Crippen LogP contribution in [0.1, 0.15) is 12.8 Å². The van der Waals surface area contributed by atoms with E-state index in [2.05, 4.69) is 10.6 Å². The monoisotopic (exact) mass is 332 g/mol. The van der Waals surface area contributed by atoms with Gasteiger partial charge >= 0.3 is 0 Å². The zero-order valence-corrected chi connectivity index (χ0v) is 12.7. The van der Waals surface area contributed by atoms with Gasteiger partial charge in [0.25, 0.3) is 5.92 Å². The number of carbonyl (C=O) groups is 1. The minimum Gasteiger partial charge on any atom is -0.346 e. The topological polar surface area (TPSA) is 75.3 Å². The van der Waals surface area contributed by atoms with E-state index in [4.69, 9.17) is 0 Å². The molecule has 2 rings (SSSR count). The molecule has 1 amide bonds. The molecule has 1 atom stereocenters. The van der Waals surface area contributed by atoms with Crippen LogP contribution in [0.3, 0.4) is 0 Å². The smallest absolute Gasteiger partial charge is 0.270 e. The fourth-order valence-electron chi connectivity index (χ4n) is 2.22. The summed E-state index contributed by atoms with van der Waals surface area (Å²) in [5, 5.41) is 5.00. The van der Waals surface area contributed by atoms with Crippen molar-refractivity contribution in [2.75, 3.05) is 18.8 Å². The zero-order chi connectivity index (χ0) is 16.2. The minimum atomic E-state index is -3.59. The molecule has 0 saturated carbocycles. The average molecular weight is 332 g/mol. The van der Waals surface area contributed by atoms with Crippen molar-refractivity contribution in [3.63, 3.8) is 0 Å². The number of benzene rings is 1. The molecular formula is C14H18F2N2O3S. The first kappa shape index (κ1) is 16.8. The Kier molecular flexibility index (Phi) is 5.12. The van der Waals surface area contributed by atoms with E-state index in [1.54, 1.807) is 18.2 Å². The Morgan fingerprint density at radius 1 is 1.32 bits per heavy atom. The molecule has 1 aliphatic rings. The van der Waals surface area contributed by atoms with E-state index in [1.807, 2.05) is 0 Å². The largest absolute Gasteiger partial charge is 0.346 e. The number of carbonyl (C=O) groups excluding carboxylic acids is 1. The number of halogens is 2. The predicted molar refractivity (Wildman–Crippen MR) is 77.5 cm³/mol. The Hall–Kier alpha value is -1.54. The van der Waals surface area contributed by atoms with E-state index in [9.17, 15) is 22.0 Å². The van der Waals surface area contributed by atoms with Crippen molar-refractivity contribution in [3.05, 3.63) is 30.3 Å². The van der Waals surface area contributed by atoms with Crippen molar-refractivity contribution in [1.82, 2.24) is 10.6 Å². The van der Waals surface area contributed by atoms with Crippen LogP contribution in [0.2, 0.25) is 0 Å². The van der Waals surface area contributed by atoms with E-state index in [0.717, 1.165) is 0 Å². The number of amides is 1.